The zero-order chi connectivity index (χ0) is 13.0. The topological polar surface area (TPSA) is 73.1 Å². The minimum absolute atomic E-state index is 0.169. The number of nitrogens with two attached hydrogens (primary N) is 1. The van der Waals surface area contributed by atoms with E-state index in [1.54, 1.807) is 6.20 Å². The van der Waals surface area contributed by atoms with Crippen molar-refractivity contribution in [3.05, 3.63) is 36.5 Å². The summed E-state index contributed by atoms with van der Waals surface area (Å²) in [4.78, 5) is 8.23. The second kappa shape index (κ2) is 5.46. The number of rotatable bonds is 4. The Morgan fingerprint density at radius 2 is 1.89 bits per heavy atom. The number of hydrazine groups is 1. The molecule has 5 heteroatoms. The lowest BCUT2D eigenvalue weighted by atomic mass is 10.1. The molecule has 0 aliphatic rings. The van der Waals surface area contributed by atoms with Crippen LogP contribution in [0.3, 0.4) is 0 Å². The van der Waals surface area contributed by atoms with Gasteiger partial charge in [0.1, 0.15) is 5.75 Å². The predicted molar refractivity (Wildman–Crippen MR) is 71.0 cm³/mol. The van der Waals surface area contributed by atoms with Crippen LogP contribution in [0.15, 0.2) is 36.5 Å². The first-order valence-corrected chi connectivity index (χ1v) is 5.76. The molecule has 0 atom stereocenters. The zero-order valence-electron chi connectivity index (χ0n) is 10.4. The van der Waals surface area contributed by atoms with Gasteiger partial charge in [-0.2, -0.15) is 0 Å². The maximum atomic E-state index is 5.58. The molecule has 0 saturated heterocycles. The van der Waals surface area contributed by atoms with Gasteiger partial charge in [-0.25, -0.2) is 15.8 Å². The van der Waals surface area contributed by atoms with Crippen molar-refractivity contribution < 1.29 is 4.74 Å². The van der Waals surface area contributed by atoms with Gasteiger partial charge in [0.15, 0.2) is 0 Å². The summed E-state index contributed by atoms with van der Waals surface area (Å²) in [6.45, 7) is 4.00. The van der Waals surface area contributed by atoms with Gasteiger partial charge in [0.2, 0.25) is 5.95 Å². The van der Waals surface area contributed by atoms with Crippen LogP contribution in [0.4, 0.5) is 5.95 Å². The Morgan fingerprint density at radius 1 is 1.17 bits per heavy atom. The van der Waals surface area contributed by atoms with Crippen molar-refractivity contribution in [3.8, 4) is 17.0 Å². The van der Waals surface area contributed by atoms with E-state index in [0.29, 0.717) is 5.95 Å². The molecule has 5 nitrogen and oxygen atoms in total. The maximum Gasteiger partial charge on any atom is 0.237 e. The number of nitrogens with one attached hydrogen (secondary N) is 1. The Morgan fingerprint density at radius 3 is 2.50 bits per heavy atom. The molecule has 0 fully saturated rings. The minimum atomic E-state index is 0.169. The maximum absolute atomic E-state index is 5.58. The summed E-state index contributed by atoms with van der Waals surface area (Å²) in [6.07, 6.45) is 1.83. The van der Waals surface area contributed by atoms with E-state index in [2.05, 4.69) is 15.4 Å². The average molecular weight is 244 g/mol. The van der Waals surface area contributed by atoms with Crippen LogP contribution < -0.4 is 16.0 Å². The highest BCUT2D eigenvalue weighted by molar-refractivity contribution is 5.60. The Balaban J connectivity index is 2.22. The van der Waals surface area contributed by atoms with Gasteiger partial charge in [-0.3, -0.25) is 5.43 Å². The molecule has 1 aromatic carbocycles. The quantitative estimate of drug-likeness (QED) is 0.637. The van der Waals surface area contributed by atoms with Gasteiger partial charge in [-0.1, -0.05) is 0 Å². The van der Waals surface area contributed by atoms with Crippen molar-refractivity contribution in [2.24, 2.45) is 5.84 Å². The molecular weight excluding hydrogens is 228 g/mol. The molecule has 0 spiro atoms. The summed E-state index contributed by atoms with van der Waals surface area (Å²) >= 11 is 0. The SMILES string of the molecule is CC(C)Oc1ccc(-c2ccnc(NN)n2)cc1. The highest BCUT2D eigenvalue weighted by atomic mass is 16.5. The van der Waals surface area contributed by atoms with Crippen LogP contribution in [0.5, 0.6) is 5.75 Å². The monoisotopic (exact) mass is 244 g/mol. The highest BCUT2D eigenvalue weighted by Crippen LogP contribution is 2.21. The molecule has 2 aromatic rings. The number of nitrogen functional groups attached to an aromatic ring is 1. The van der Waals surface area contributed by atoms with Crippen LogP contribution in [-0.2, 0) is 0 Å². The van der Waals surface area contributed by atoms with Gasteiger partial charge in [-0.05, 0) is 44.2 Å². The van der Waals surface area contributed by atoms with Gasteiger partial charge in [-0.15, -0.1) is 0 Å². The summed E-state index contributed by atoms with van der Waals surface area (Å²) in [5.74, 6) is 6.53. The number of benzene rings is 1. The third-order valence-electron chi connectivity index (χ3n) is 2.31. The molecule has 18 heavy (non-hydrogen) atoms. The first-order valence-electron chi connectivity index (χ1n) is 5.76. The largest absolute Gasteiger partial charge is 0.491 e. The van der Waals surface area contributed by atoms with E-state index in [1.165, 1.54) is 0 Å². The number of hydrogen-bond donors (Lipinski definition) is 2. The number of nitrogens with zero attached hydrogens (tertiary/aromatic N) is 2. The highest BCUT2D eigenvalue weighted by Gasteiger charge is 2.02. The van der Waals surface area contributed by atoms with Gasteiger partial charge < -0.3 is 4.74 Å². The van der Waals surface area contributed by atoms with Crippen LogP contribution in [0.25, 0.3) is 11.3 Å². The fourth-order valence-corrected chi connectivity index (χ4v) is 1.57. The summed E-state index contributed by atoms with van der Waals surface area (Å²) in [7, 11) is 0. The Labute approximate surface area is 106 Å². The Hall–Kier alpha value is -2.14. The lowest BCUT2D eigenvalue weighted by Crippen LogP contribution is -2.10. The summed E-state index contributed by atoms with van der Waals surface area (Å²) < 4.78 is 5.58. The van der Waals surface area contributed by atoms with Gasteiger partial charge in [0.05, 0.1) is 11.8 Å². The summed E-state index contributed by atoms with van der Waals surface area (Å²) in [5.41, 5.74) is 4.23. The van der Waals surface area contributed by atoms with Crippen molar-refractivity contribution in [1.29, 1.82) is 0 Å². The standard InChI is InChI=1S/C13H16N4O/c1-9(2)18-11-5-3-10(4-6-11)12-7-8-15-13(16-12)17-14/h3-9H,14H2,1-2H3,(H,15,16,17). The average Bonchev–Trinajstić information content (AvgIpc) is 2.39. The lowest BCUT2D eigenvalue weighted by molar-refractivity contribution is 0.242. The summed E-state index contributed by atoms with van der Waals surface area (Å²) in [5, 5.41) is 0. The van der Waals surface area contributed by atoms with Gasteiger partial charge in [0, 0.05) is 11.8 Å². The third kappa shape index (κ3) is 2.95. The fourth-order valence-electron chi connectivity index (χ4n) is 1.57. The van der Waals surface area contributed by atoms with E-state index < -0.39 is 0 Å². The Bertz CT molecular complexity index is 511. The smallest absolute Gasteiger partial charge is 0.237 e. The normalized spacial score (nSPS) is 10.4. The van der Waals surface area contributed by atoms with Crippen molar-refractivity contribution in [3.63, 3.8) is 0 Å². The minimum Gasteiger partial charge on any atom is -0.491 e. The third-order valence-corrected chi connectivity index (χ3v) is 2.31. The predicted octanol–water partition coefficient (Wildman–Crippen LogP) is 2.22. The molecule has 0 aliphatic carbocycles. The first-order chi connectivity index (χ1) is 8.69. The van der Waals surface area contributed by atoms with E-state index >= 15 is 0 Å². The second-order valence-electron chi connectivity index (χ2n) is 4.10. The molecule has 0 saturated carbocycles. The zero-order valence-corrected chi connectivity index (χ0v) is 10.4. The molecule has 0 bridgehead atoms. The first kappa shape index (κ1) is 12.3. The molecular formula is C13H16N4O. The van der Waals surface area contributed by atoms with Crippen molar-refractivity contribution in [2.75, 3.05) is 5.43 Å². The summed E-state index contributed by atoms with van der Waals surface area (Å²) in [6, 6.07) is 9.60. The van der Waals surface area contributed by atoms with E-state index in [4.69, 9.17) is 10.6 Å². The number of ether oxygens (including phenoxy) is 1. The molecule has 0 unspecified atom stereocenters. The molecule has 3 N–H and O–H groups in total. The van der Waals surface area contributed by atoms with Crippen LogP contribution in [-0.4, -0.2) is 16.1 Å². The van der Waals surface area contributed by atoms with Gasteiger partial charge in [0.25, 0.3) is 0 Å². The van der Waals surface area contributed by atoms with Gasteiger partial charge >= 0.3 is 0 Å². The molecule has 0 amide bonds. The number of anilines is 1. The molecule has 0 aliphatic heterocycles. The molecule has 0 radical (unpaired) electrons. The van der Waals surface area contributed by atoms with Crippen molar-refractivity contribution >= 4 is 5.95 Å². The molecule has 1 aromatic heterocycles. The Kier molecular flexibility index (Phi) is 3.74. The van der Waals surface area contributed by atoms with E-state index in [0.717, 1.165) is 17.0 Å². The van der Waals surface area contributed by atoms with Crippen LogP contribution in [0.1, 0.15) is 13.8 Å². The molecule has 1 heterocycles. The number of aromatic nitrogens is 2. The van der Waals surface area contributed by atoms with E-state index in [-0.39, 0.29) is 6.10 Å². The van der Waals surface area contributed by atoms with Crippen LogP contribution in [0, 0.1) is 0 Å². The van der Waals surface area contributed by atoms with E-state index in [1.807, 2.05) is 44.2 Å². The number of hydrogen-bond acceptors (Lipinski definition) is 5. The fraction of sp³-hybridized carbons (Fsp3) is 0.231. The van der Waals surface area contributed by atoms with Crippen molar-refractivity contribution in [1.82, 2.24) is 9.97 Å². The van der Waals surface area contributed by atoms with E-state index in [9.17, 15) is 0 Å². The molecule has 94 valence electrons. The van der Waals surface area contributed by atoms with Crippen LogP contribution >= 0.6 is 0 Å². The lowest BCUT2D eigenvalue weighted by Gasteiger charge is -2.10. The van der Waals surface area contributed by atoms with Crippen LogP contribution in [0.2, 0.25) is 0 Å². The second-order valence-corrected chi connectivity index (χ2v) is 4.10. The molecule has 2 rings (SSSR count). The van der Waals surface area contributed by atoms with Crippen molar-refractivity contribution in [2.45, 2.75) is 20.0 Å².